The lowest BCUT2D eigenvalue weighted by molar-refractivity contribution is -0.115. The molecule has 10 heteroatoms. The van der Waals surface area contributed by atoms with Crippen molar-refractivity contribution >= 4 is 33.8 Å². The van der Waals surface area contributed by atoms with Gasteiger partial charge in [-0.3, -0.25) is 19.8 Å². The monoisotopic (exact) mass is 614 g/mol. The zero-order valence-electron chi connectivity index (χ0n) is 26.0. The van der Waals surface area contributed by atoms with Crippen LogP contribution in [0.2, 0.25) is 0 Å². The first-order chi connectivity index (χ1) is 21.4. The molecular weight excluding hydrogens is 574 g/mol. The van der Waals surface area contributed by atoms with Crippen molar-refractivity contribution in [3.8, 4) is 5.75 Å². The van der Waals surface area contributed by atoms with Crippen LogP contribution in [0.1, 0.15) is 56.5 Å². The van der Waals surface area contributed by atoms with Gasteiger partial charge < -0.3 is 20.7 Å². The van der Waals surface area contributed by atoms with E-state index in [0.717, 1.165) is 39.1 Å². The van der Waals surface area contributed by atoms with Crippen molar-refractivity contribution in [2.24, 2.45) is 21.1 Å². The summed E-state index contributed by atoms with van der Waals surface area (Å²) in [4.78, 5) is 28.2. The number of piperidine rings is 1. The van der Waals surface area contributed by atoms with Crippen LogP contribution in [0.15, 0.2) is 83.6 Å². The summed E-state index contributed by atoms with van der Waals surface area (Å²) in [6.45, 7) is 11.7. The van der Waals surface area contributed by atoms with E-state index in [-0.39, 0.29) is 37.1 Å². The summed E-state index contributed by atoms with van der Waals surface area (Å²) in [6, 6.07) is 14.8. The fourth-order valence-corrected chi connectivity index (χ4v) is 5.36. The van der Waals surface area contributed by atoms with E-state index in [1.165, 1.54) is 6.20 Å². The van der Waals surface area contributed by atoms with E-state index in [1.807, 2.05) is 41.3 Å². The number of nitrogens with one attached hydrogen (secondary N) is 1. The quantitative estimate of drug-likeness (QED) is 0.255. The van der Waals surface area contributed by atoms with Gasteiger partial charge in [0.05, 0.1) is 17.4 Å². The maximum Gasteiger partial charge on any atom is 0.267 e. The number of halogens is 2. The molecule has 1 atom stereocenters. The first-order valence-corrected chi connectivity index (χ1v) is 15.2. The fourth-order valence-electron chi connectivity index (χ4n) is 5.36. The highest BCUT2D eigenvalue weighted by atomic mass is 19.3. The molecule has 3 aromatic rings. The molecule has 3 heterocycles. The summed E-state index contributed by atoms with van der Waals surface area (Å²) < 4.78 is 33.2. The molecule has 2 aliphatic rings. The highest BCUT2D eigenvalue weighted by Gasteiger charge is 2.34. The maximum atomic E-state index is 13.4. The van der Waals surface area contributed by atoms with Gasteiger partial charge in [-0.2, -0.15) is 0 Å². The number of ether oxygens (including phenoxy) is 1. The van der Waals surface area contributed by atoms with Gasteiger partial charge in [0.2, 0.25) is 0 Å². The van der Waals surface area contributed by atoms with Crippen LogP contribution < -0.4 is 15.8 Å². The Balaban J connectivity index is 1.23. The summed E-state index contributed by atoms with van der Waals surface area (Å²) in [5.74, 6) is -2.33. The van der Waals surface area contributed by atoms with Crippen LogP contribution in [-0.4, -0.2) is 59.3 Å². The molecule has 1 aromatic heterocycles. The van der Waals surface area contributed by atoms with E-state index in [9.17, 15) is 13.6 Å². The van der Waals surface area contributed by atoms with Gasteiger partial charge in [-0.15, -0.1) is 0 Å². The molecular formula is C35H40F2N6O2. The Hall–Kier alpha value is -4.28. The molecule has 0 aliphatic carbocycles. The number of carbonyl (C=O) groups is 1. The molecule has 1 unspecified atom stereocenters. The minimum absolute atomic E-state index is 0.00802. The number of hydrogen-bond donors (Lipinski definition) is 2. The first kappa shape index (κ1) is 32.1. The van der Waals surface area contributed by atoms with Crippen molar-refractivity contribution in [2.75, 3.05) is 26.2 Å². The zero-order chi connectivity index (χ0) is 32.2. The molecule has 1 fully saturated rings. The number of rotatable bonds is 11. The molecule has 5 rings (SSSR count). The van der Waals surface area contributed by atoms with Gasteiger partial charge in [-0.25, -0.2) is 8.78 Å². The van der Waals surface area contributed by atoms with E-state index in [0.29, 0.717) is 25.3 Å². The molecule has 0 radical (unpaired) electrons. The Kier molecular flexibility index (Phi) is 9.55. The topological polar surface area (TPSA) is 105 Å². The number of alkyl halides is 2. The average molecular weight is 615 g/mol. The number of nitrogens with zero attached hydrogens (tertiary/aromatic N) is 4. The molecule has 0 bridgehead atoms. The second-order valence-electron chi connectivity index (χ2n) is 12.4. The number of fused-ring (bicyclic) bond motifs is 1. The summed E-state index contributed by atoms with van der Waals surface area (Å²) >= 11 is 0. The summed E-state index contributed by atoms with van der Waals surface area (Å²) in [5, 5.41) is 4.85. The number of amides is 1. The number of hydrogen-bond acceptors (Lipinski definition) is 7. The van der Waals surface area contributed by atoms with Crippen LogP contribution in [0, 0.1) is 5.41 Å². The minimum atomic E-state index is -2.61. The van der Waals surface area contributed by atoms with Crippen LogP contribution in [0.5, 0.6) is 5.75 Å². The number of carbonyl (C=O) groups excluding carboxylic acids is 1. The third-order valence-corrected chi connectivity index (χ3v) is 8.06. The first-order valence-electron chi connectivity index (χ1n) is 15.2. The van der Waals surface area contributed by atoms with Crippen molar-refractivity contribution in [1.82, 2.24) is 15.2 Å². The largest absolute Gasteiger partial charge is 0.488 e. The van der Waals surface area contributed by atoms with Gasteiger partial charge in [0.15, 0.2) is 0 Å². The third-order valence-electron chi connectivity index (χ3n) is 8.06. The van der Waals surface area contributed by atoms with Crippen molar-refractivity contribution in [3.63, 3.8) is 0 Å². The second kappa shape index (κ2) is 13.4. The number of nitrogens with two attached hydrogens (primary N) is 1. The van der Waals surface area contributed by atoms with Gasteiger partial charge in [0.25, 0.3) is 11.8 Å². The number of aliphatic imine (C=N–C) groups is 2. The number of benzene rings is 2. The highest BCUT2D eigenvalue weighted by Crippen LogP contribution is 2.37. The van der Waals surface area contributed by atoms with E-state index in [2.05, 4.69) is 54.8 Å². The van der Waals surface area contributed by atoms with Crippen LogP contribution in [0.4, 0.5) is 8.78 Å². The van der Waals surface area contributed by atoms with Gasteiger partial charge in [-0.05, 0) is 41.3 Å². The maximum absolute atomic E-state index is 13.4. The van der Waals surface area contributed by atoms with Gasteiger partial charge in [-0.1, -0.05) is 51.6 Å². The Morgan fingerprint density at radius 1 is 1.18 bits per heavy atom. The molecule has 0 saturated carbocycles. The second-order valence-corrected chi connectivity index (χ2v) is 12.4. The van der Waals surface area contributed by atoms with Crippen molar-refractivity contribution in [1.29, 1.82) is 0 Å². The molecule has 45 heavy (non-hydrogen) atoms. The smallest absolute Gasteiger partial charge is 0.267 e. The van der Waals surface area contributed by atoms with E-state index >= 15 is 0 Å². The Morgan fingerprint density at radius 2 is 1.89 bits per heavy atom. The highest BCUT2D eigenvalue weighted by molar-refractivity contribution is 6.40. The minimum Gasteiger partial charge on any atom is -0.488 e. The molecule has 2 aromatic carbocycles. The predicted octanol–water partition coefficient (Wildman–Crippen LogP) is 6.09. The standard InChI is InChI=1S/C35H40F2N6O2/c1-5-39-32(33(44)41-16-19-43-17-13-35(36,37)14-18-43)31(38)28-20-23(12-15-40-28)22-45-29-11-10-25(24-8-6-7-9-26(24)29)27-21-30(42-27)34(2,3)4/h5-12,15,20-21,31H,1,13-14,16-19,22,38H2,2-4H3,(H,41,44). The van der Waals surface area contributed by atoms with Gasteiger partial charge >= 0.3 is 0 Å². The summed E-state index contributed by atoms with van der Waals surface area (Å²) in [6.07, 6.45) is 4.69. The normalized spacial score (nSPS) is 17.6. The lowest BCUT2D eigenvalue weighted by Gasteiger charge is -2.31. The van der Waals surface area contributed by atoms with Crippen LogP contribution in [0.3, 0.4) is 0 Å². The Bertz CT molecular complexity index is 1660. The molecule has 3 N–H and O–H groups in total. The number of pyridine rings is 1. The Labute approximate surface area is 262 Å². The van der Waals surface area contributed by atoms with Gasteiger partial charge in [0.1, 0.15) is 18.1 Å². The van der Waals surface area contributed by atoms with E-state index in [4.69, 9.17) is 15.5 Å². The predicted molar refractivity (Wildman–Crippen MR) is 176 cm³/mol. The SMILES string of the molecule is C=CN=C(C(=O)NCCN1CCC(F)(F)CC1)C(N)c1cc(COc2ccc(C3=CC(C(C)(C)C)=N3)c3ccccc23)ccn1. The average Bonchev–Trinajstić information content (AvgIpc) is 2.98. The number of likely N-dealkylation sites (tertiary alicyclic amines) is 1. The zero-order valence-corrected chi connectivity index (χ0v) is 26.0. The molecule has 1 amide bonds. The van der Waals surface area contributed by atoms with Crippen LogP contribution in [0.25, 0.3) is 16.5 Å². The van der Waals surface area contributed by atoms with Crippen LogP contribution in [-0.2, 0) is 11.4 Å². The lowest BCUT2D eigenvalue weighted by Crippen LogP contribution is -2.45. The van der Waals surface area contributed by atoms with Crippen LogP contribution >= 0.6 is 0 Å². The molecule has 1 saturated heterocycles. The van der Waals surface area contributed by atoms with Crippen molar-refractivity contribution < 1.29 is 18.3 Å². The molecule has 236 valence electrons. The molecule has 8 nitrogen and oxygen atoms in total. The third kappa shape index (κ3) is 7.69. The lowest BCUT2D eigenvalue weighted by atomic mass is 9.85. The number of aromatic nitrogens is 1. The van der Waals surface area contributed by atoms with E-state index < -0.39 is 17.9 Å². The van der Waals surface area contributed by atoms with Gasteiger partial charge in [0, 0.05) is 73.5 Å². The van der Waals surface area contributed by atoms with Crippen molar-refractivity contribution in [2.45, 2.75) is 52.2 Å². The molecule has 0 spiro atoms. The van der Waals surface area contributed by atoms with E-state index in [1.54, 1.807) is 12.3 Å². The molecule has 2 aliphatic heterocycles. The summed E-state index contributed by atoms with van der Waals surface area (Å²) in [7, 11) is 0. The Morgan fingerprint density at radius 3 is 2.58 bits per heavy atom. The summed E-state index contributed by atoms with van der Waals surface area (Å²) in [5.41, 5.74) is 10.9. The fraction of sp³-hybridized carbons (Fsp3) is 0.371. The van der Waals surface area contributed by atoms with Crippen molar-refractivity contribution in [3.05, 3.63) is 90.4 Å². The number of allylic oxidation sites excluding steroid dienone is 1.